The zero-order valence-electron chi connectivity index (χ0n) is 10.4. The molecule has 0 spiro atoms. The van der Waals surface area contributed by atoms with E-state index in [-0.39, 0.29) is 16.5 Å². The van der Waals surface area contributed by atoms with Crippen molar-refractivity contribution in [2.24, 2.45) is 0 Å². The van der Waals surface area contributed by atoms with Crippen LogP contribution in [0, 0.1) is 0 Å². The summed E-state index contributed by atoms with van der Waals surface area (Å²) in [5, 5.41) is 0. The Bertz CT molecular complexity index is 154. The SMILES string of the molecule is CCCCCOCOCC/C=C/C[CH2][Mg][I]. The normalized spacial score (nSPS) is 10.9. The van der Waals surface area contributed by atoms with Gasteiger partial charge in [-0.1, -0.05) is 38.3 Å². The van der Waals surface area contributed by atoms with E-state index in [2.05, 4.69) is 37.9 Å². The van der Waals surface area contributed by atoms with Crippen LogP contribution in [0.2, 0.25) is 4.55 Å². The van der Waals surface area contributed by atoms with Crippen LogP contribution in [0.1, 0.15) is 39.0 Å². The van der Waals surface area contributed by atoms with Gasteiger partial charge in [0, 0.05) is 6.61 Å². The highest BCUT2D eigenvalue weighted by atomic mass is 127. The minimum atomic E-state index is 0.223. The monoisotopic (exact) mass is 350 g/mol. The second-order valence-electron chi connectivity index (χ2n) is 3.73. The summed E-state index contributed by atoms with van der Waals surface area (Å²) in [7, 11) is 0. The summed E-state index contributed by atoms with van der Waals surface area (Å²) in [5.41, 5.74) is 0. The Morgan fingerprint density at radius 1 is 1.06 bits per heavy atom. The van der Waals surface area contributed by atoms with Crippen LogP contribution in [0.25, 0.3) is 0 Å². The van der Waals surface area contributed by atoms with Crippen molar-refractivity contribution in [3.63, 3.8) is 0 Å². The van der Waals surface area contributed by atoms with Crippen molar-refractivity contribution in [3.05, 3.63) is 12.2 Å². The summed E-state index contributed by atoms with van der Waals surface area (Å²) in [6.07, 6.45) is 10.4. The number of hydrogen-bond donors (Lipinski definition) is 0. The Kier molecular flexibility index (Phi) is 17.3. The highest BCUT2D eigenvalue weighted by Crippen LogP contribution is 1.97. The van der Waals surface area contributed by atoms with Gasteiger partial charge in [0.15, 0.2) is 0 Å². The van der Waals surface area contributed by atoms with E-state index >= 15 is 0 Å². The summed E-state index contributed by atoms with van der Waals surface area (Å²) >= 11 is 2.77. The van der Waals surface area contributed by atoms with Gasteiger partial charge in [0.05, 0.1) is 6.61 Å². The summed E-state index contributed by atoms with van der Waals surface area (Å²) in [5.74, 6) is 0. The molecule has 0 bridgehead atoms. The lowest BCUT2D eigenvalue weighted by molar-refractivity contribution is -0.0531. The third kappa shape index (κ3) is 15.2. The predicted molar refractivity (Wildman–Crippen MR) is 79.3 cm³/mol. The first kappa shape index (κ1) is 17.2. The topological polar surface area (TPSA) is 18.5 Å². The molecule has 0 aromatic heterocycles. The molecule has 0 rings (SSSR count). The molecule has 4 heteroatoms. The van der Waals surface area contributed by atoms with E-state index in [0.717, 1.165) is 26.1 Å². The molecule has 0 unspecified atom stereocenters. The van der Waals surface area contributed by atoms with Crippen LogP contribution in [-0.4, -0.2) is 36.5 Å². The van der Waals surface area contributed by atoms with Gasteiger partial charge in [-0.2, -0.15) is 0 Å². The molecule has 0 amide bonds. The second-order valence-corrected chi connectivity index (χ2v) is 8.05. The number of allylic oxidation sites excluding steroid dienone is 1. The molecule has 0 N–H and O–H groups in total. The summed E-state index contributed by atoms with van der Waals surface area (Å²) in [4.78, 5) is 0. The van der Waals surface area contributed by atoms with Gasteiger partial charge in [0.25, 0.3) is 0 Å². The van der Waals surface area contributed by atoms with Crippen molar-refractivity contribution < 1.29 is 9.47 Å². The predicted octanol–water partition coefficient (Wildman–Crippen LogP) is 3.98. The molecule has 0 aliphatic heterocycles. The maximum Gasteiger partial charge on any atom is 0.464 e. The maximum atomic E-state index is 5.35. The van der Waals surface area contributed by atoms with Gasteiger partial charge in [0.1, 0.15) is 6.79 Å². The molecule has 0 aliphatic carbocycles. The fraction of sp³-hybridized carbons (Fsp3) is 0.833. The van der Waals surface area contributed by atoms with Crippen LogP contribution in [0.5, 0.6) is 0 Å². The second kappa shape index (κ2) is 16.2. The molecule has 92 valence electrons. The van der Waals surface area contributed by atoms with E-state index in [0.29, 0.717) is 6.79 Å². The van der Waals surface area contributed by atoms with Gasteiger partial charge >= 0.3 is 16.5 Å². The van der Waals surface area contributed by atoms with Gasteiger partial charge in [-0.05, 0) is 12.8 Å². The number of halogens is 1. The van der Waals surface area contributed by atoms with Crippen molar-refractivity contribution in [1.82, 2.24) is 0 Å². The van der Waals surface area contributed by atoms with E-state index < -0.39 is 0 Å². The Balaban J connectivity index is 2.95. The number of unbranched alkanes of at least 4 members (excludes halogenated alkanes) is 2. The largest absolute Gasteiger partial charge is 0.464 e. The standard InChI is InChI=1S/C12H23O2.HI.Mg/c1-3-5-7-9-11-14-12-13-10-8-6-4-2;;/h5,7H,1,3-4,6,8-12H2,2H3;1H;/q;;+1/p-1/b7-5+;;. The van der Waals surface area contributed by atoms with Crippen LogP contribution >= 0.6 is 18.9 Å². The fourth-order valence-corrected chi connectivity index (χ4v) is 2.92. The first-order chi connectivity index (χ1) is 7.91. The lowest BCUT2D eigenvalue weighted by Gasteiger charge is -2.03. The molecule has 0 heterocycles. The third-order valence-electron chi connectivity index (χ3n) is 2.16. The summed E-state index contributed by atoms with van der Waals surface area (Å²) < 4.78 is 12.1. The third-order valence-corrected chi connectivity index (χ3v) is 5.12. The van der Waals surface area contributed by atoms with Crippen LogP contribution in [0.4, 0.5) is 0 Å². The van der Waals surface area contributed by atoms with Crippen molar-refractivity contribution in [2.75, 3.05) is 20.0 Å². The van der Waals surface area contributed by atoms with Crippen LogP contribution in [-0.2, 0) is 9.47 Å². The molecule has 0 fully saturated rings. The number of hydrogen-bond acceptors (Lipinski definition) is 2. The summed E-state index contributed by atoms with van der Waals surface area (Å²) in [6, 6.07) is 0. The first-order valence-corrected chi connectivity index (χ1v) is 12.4. The minimum absolute atomic E-state index is 0.223. The zero-order valence-corrected chi connectivity index (χ0v) is 14.0. The van der Waals surface area contributed by atoms with Gasteiger partial charge in [-0.25, -0.2) is 0 Å². The van der Waals surface area contributed by atoms with E-state index in [9.17, 15) is 0 Å². The smallest absolute Gasteiger partial charge is 0.355 e. The van der Waals surface area contributed by atoms with E-state index in [1.807, 2.05) is 0 Å². The fourth-order valence-electron chi connectivity index (χ4n) is 1.21. The molecule has 0 aliphatic rings. The number of ether oxygens (including phenoxy) is 2. The Labute approximate surface area is 120 Å². The van der Waals surface area contributed by atoms with Crippen molar-refractivity contribution >= 4 is 35.3 Å². The van der Waals surface area contributed by atoms with Crippen molar-refractivity contribution in [1.29, 1.82) is 0 Å². The minimum Gasteiger partial charge on any atom is -0.355 e. The van der Waals surface area contributed by atoms with Crippen LogP contribution in [0.15, 0.2) is 12.2 Å². The molecule has 2 nitrogen and oxygen atoms in total. The molecule has 0 atom stereocenters. The highest BCUT2D eigenvalue weighted by molar-refractivity contribution is 14.1. The molecule has 0 aromatic carbocycles. The summed E-state index contributed by atoms with van der Waals surface area (Å²) in [6.45, 7) is 4.28. The molecule has 16 heavy (non-hydrogen) atoms. The van der Waals surface area contributed by atoms with Crippen LogP contribution in [0.3, 0.4) is 0 Å². The maximum absolute atomic E-state index is 5.35. The quantitative estimate of drug-likeness (QED) is 0.174. The molecule has 0 aromatic rings. The zero-order chi connectivity index (χ0) is 11.9. The van der Waals surface area contributed by atoms with Gasteiger partial charge < -0.3 is 28.3 Å². The lowest BCUT2D eigenvalue weighted by atomic mass is 10.3. The molecule has 0 saturated carbocycles. The van der Waals surface area contributed by atoms with Gasteiger partial charge in [0.2, 0.25) is 0 Å². The van der Waals surface area contributed by atoms with Gasteiger partial charge in [-0.3, -0.25) is 0 Å². The molecular weight excluding hydrogens is 327 g/mol. The van der Waals surface area contributed by atoms with Gasteiger partial charge in [-0.15, -0.1) is 4.55 Å². The number of rotatable bonds is 12. The van der Waals surface area contributed by atoms with E-state index in [1.165, 1.54) is 23.8 Å². The molecule has 0 radical (unpaired) electrons. The first-order valence-electron chi connectivity index (χ1n) is 6.28. The highest BCUT2D eigenvalue weighted by Gasteiger charge is 1.89. The van der Waals surface area contributed by atoms with Crippen molar-refractivity contribution in [2.45, 2.75) is 43.6 Å². The van der Waals surface area contributed by atoms with Crippen LogP contribution < -0.4 is 0 Å². The van der Waals surface area contributed by atoms with E-state index in [1.54, 1.807) is 0 Å². The Morgan fingerprint density at radius 2 is 1.81 bits per heavy atom. The average molecular weight is 351 g/mol. The van der Waals surface area contributed by atoms with E-state index in [4.69, 9.17) is 9.47 Å². The van der Waals surface area contributed by atoms with Crippen molar-refractivity contribution in [3.8, 4) is 0 Å². The lowest BCUT2D eigenvalue weighted by Crippen LogP contribution is -2.02. The Hall–Kier alpha value is 1.16. The average Bonchev–Trinajstić information content (AvgIpc) is 2.31. The molecular formula is C12H23IMgO2. The Morgan fingerprint density at radius 3 is 2.56 bits per heavy atom. The molecule has 0 saturated heterocycles.